The third-order valence-corrected chi connectivity index (χ3v) is 6.04. The highest BCUT2D eigenvalue weighted by Crippen LogP contribution is 2.30. The van der Waals surface area contributed by atoms with Crippen molar-refractivity contribution in [2.24, 2.45) is 0 Å². The average molecular weight is 598 g/mol. The van der Waals surface area contributed by atoms with Gasteiger partial charge in [-0.25, -0.2) is 0 Å². The summed E-state index contributed by atoms with van der Waals surface area (Å²) < 4.78 is 9.63. The molecule has 0 heterocycles. The maximum atomic E-state index is 12.1. The molecule has 0 saturated heterocycles. The maximum absolute atomic E-state index is 12.1. The summed E-state index contributed by atoms with van der Waals surface area (Å²) in [5.41, 5.74) is 3.17. The molecule has 2 aromatic rings. The highest BCUT2D eigenvalue weighted by atomic mass is 16.6. The van der Waals surface area contributed by atoms with Crippen molar-refractivity contribution >= 4 is 24.1 Å². The molecule has 43 heavy (non-hydrogen) atoms. The Balaban J connectivity index is 0.000000365. The molecule has 0 radical (unpaired) electrons. The minimum absolute atomic E-state index is 0.0400. The Hall–Kier alpha value is -3.56. The Morgan fingerprint density at radius 2 is 1.35 bits per heavy atom. The van der Waals surface area contributed by atoms with Crippen molar-refractivity contribution in [2.75, 3.05) is 33.2 Å². The van der Waals surface area contributed by atoms with Gasteiger partial charge in [-0.05, 0) is 89.1 Å². The van der Waals surface area contributed by atoms with Crippen LogP contribution in [0.2, 0.25) is 0 Å². The third-order valence-electron chi connectivity index (χ3n) is 6.04. The molecular formula is C34H51N3O6. The van der Waals surface area contributed by atoms with Gasteiger partial charge in [0.1, 0.15) is 0 Å². The van der Waals surface area contributed by atoms with Crippen molar-refractivity contribution in [2.45, 2.75) is 85.5 Å². The number of carbonyl (C=O) groups is 4. The Kier molecular flexibility index (Phi) is 20.0. The lowest BCUT2D eigenvalue weighted by atomic mass is 10.0. The SMILES string of the molecule is C1CC1.C1CC1.CC(=O)Oc1cccc(C=O)c1OC(C)=O.CNCCCNCCCCNC(=O)c1cccc(C)c1C. The normalized spacial score (nSPS) is 12.0. The first kappa shape index (κ1) is 37.5. The molecule has 2 aliphatic carbocycles. The smallest absolute Gasteiger partial charge is 0.308 e. The average Bonchev–Trinajstić information content (AvgIpc) is 3.85. The topological polar surface area (TPSA) is 123 Å². The lowest BCUT2D eigenvalue weighted by Gasteiger charge is -2.09. The van der Waals surface area contributed by atoms with Crippen molar-refractivity contribution in [3.05, 3.63) is 58.7 Å². The Morgan fingerprint density at radius 3 is 1.91 bits per heavy atom. The Morgan fingerprint density at radius 1 is 0.767 bits per heavy atom. The van der Waals surface area contributed by atoms with Crippen LogP contribution in [0.15, 0.2) is 36.4 Å². The predicted octanol–water partition coefficient (Wildman–Crippen LogP) is 5.70. The fraction of sp³-hybridized carbons (Fsp3) is 0.529. The minimum Gasteiger partial charge on any atom is -0.423 e. The van der Waals surface area contributed by atoms with Crippen molar-refractivity contribution in [1.82, 2.24) is 16.0 Å². The van der Waals surface area contributed by atoms with E-state index < -0.39 is 11.9 Å². The highest BCUT2D eigenvalue weighted by molar-refractivity contribution is 5.95. The van der Waals surface area contributed by atoms with Gasteiger partial charge in [-0.2, -0.15) is 0 Å². The Bertz CT molecular complexity index is 1120. The van der Waals surface area contributed by atoms with Crippen LogP contribution in [0, 0.1) is 13.8 Å². The molecule has 0 bridgehead atoms. The molecule has 2 fully saturated rings. The first-order chi connectivity index (χ1) is 20.7. The zero-order valence-electron chi connectivity index (χ0n) is 26.7. The van der Waals surface area contributed by atoms with Gasteiger partial charge in [0.25, 0.3) is 5.91 Å². The van der Waals surface area contributed by atoms with Crippen molar-refractivity contribution in [1.29, 1.82) is 0 Å². The number of nitrogens with one attached hydrogen (secondary N) is 3. The van der Waals surface area contributed by atoms with Crippen LogP contribution < -0.4 is 25.4 Å². The van der Waals surface area contributed by atoms with Gasteiger partial charge in [0.15, 0.2) is 17.8 Å². The van der Waals surface area contributed by atoms with E-state index in [1.165, 1.54) is 70.6 Å². The summed E-state index contributed by atoms with van der Waals surface area (Å²) in [7, 11) is 1.97. The van der Waals surface area contributed by atoms with E-state index in [0.29, 0.717) is 6.29 Å². The second-order valence-corrected chi connectivity index (χ2v) is 10.5. The fourth-order valence-electron chi connectivity index (χ4n) is 3.30. The standard InChI is InChI=1S/C17H29N3O.C11H10O5.2C3H6/c1-14-8-6-9-16(15(14)2)17(21)20-13-5-4-11-19-12-7-10-18-3;1-7(13)15-10-5-3-4-9(6-12)11(10)16-8(2)14;2*1-2-3-1/h6,8-9,18-19H,4-5,7,10-13H2,1-3H3,(H,20,21);3-6H,1-2H3;2*1-3H2. The number of unbranched alkanes of at least 4 members (excludes halogenated alkanes) is 1. The van der Waals surface area contributed by atoms with Gasteiger partial charge in [-0.1, -0.05) is 56.7 Å². The molecule has 0 aliphatic heterocycles. The molecular weight excluding hydrogens is 546 g/mol. The zero-order chi connectivity index (χ0) is 31.9. The summed E-state index contributed by atoms with van der Waals surface area (Å²) >= 11 is 0. The van der Waals surface area contributed by atoms with Crippen LogP contribution in [-0.2, 0) is 9.59 Å². The van der Waals surface area contributed by atoms with E-state index in [0.717, 1.165) is 62.1 Å². The first-order valence-electron chi connectivity index (χ1n) is 15.4. The largest absolute Gasteiger partial charge is 0.423 e. The predicted molar refractivity (Wildman–Crippen MR) is 171 cm³/mol. The van der Waals surface area contributed by atoms with Crippen LogP contribution in [0.25, 0.3) is 0 Å². The van der Waals surface area contributed by atoms with Crippen LogP contribution >= 0.6 is 0 Å². The van der Waals surface area contributed by atoms with E-state index in [1.807, 2.05) is 39.1 Å². The van der Waals surface area contributed by atoms with E-state index in [-0.39, 0.29) is 23.0 Å². The number of hydrogen-bond donors (Lipinski definition) is 3. The van der Waals surface area contributed by atoms with Crippen LogP contribution in [0.1, 0.15) is 103 Å². The number of amides is 1. The second-order valence-electron chi connectivity index (χ2n) is 10.5. The summed E-state index contributed by atoms with van der Waals surface area (Å²) in [4.78, 5) is 44.4. The van der Waals surface area contributed by atoms with Crippen LogP contribution in [-0.4, -0.2) is 57.4 Å². The molecule has 2 saturated carbocycles. The Labute approximate surface area is 257 Å². The summed E-state index contributed by atoms with van der Waals surface area (Å²) in [6.07, 6.45) is 12.8. The molecule has 9 heteroatoms. The second kappa shape index (κ2) is 23.0. The van der Waals surface area contributed by atoms with E-state index in [2.05, 4.69) is 16.0 Å². The van der Waals surface area contributed by atoms with Crippen molar-refractivity contribution in [3.8, 4) is 11.5 Å². The summed E-state index contributed by atoms with van der Waals surface area (Å²) in [5.74, 6) is -1.11. The van der Waals surface area contributed by atoms with Gasteiger partial charge < -0.3 is 25.4 Å². The van der Waals surface area contributed by atoms with Gasteiger partial charge in [-0.15, -0.1) is 0 Å². The number of esters is 2. The molecule has 1 amide bonds. The van der Waals surface area contributed by atoms with E-state index in [9.17, 15) is 19.2 Å². The van der Waals surface area contributed by atoms with Gasteiger partial charge >= 0.3 is 11.9 Å². The van der Waals surface area contributed by atoms with E-state index in [1.54, 1.807) is 0 Å². The third kappa shape index (κ3) is 19.3. The molecule has 9 nitrogen and oxygen atoms in total. The lowest BCUT2D eigenvalue weighted by Crippen LogP contribution is -2.26. The lowest BCUT2D eigenvalue weighted by molar-refractivity contribution is -0.134. The molecule has 0 atom stereocenters. The minimum atomic E-state index is -0.595. The van der Waals surface area contributed by atoms with Gasteiger partial charge in [0.2, 0.25) is 0 Å². The summed E-state index contributed by atoms with van der Waals surface area (Å²) in [6, 6.07) is 10.3. The first-order valence-corrected chi connectivity index (χ1v) is 15.4. The quantitative estimate of drug-likeness (QED) is 0.116. The maximum Gasteiger partial charge on any atom is 0.308 e. The number of hydrogen-bond acceptors (Lipinski definition) is 8. The number of carbonyl (C=O) groups excluding carboxylic acids is 4. The zero-order valence-corrected chi connectivity index (χ0v) is 26.7. The molecule has 2 aliphatic rings. The number of ether oxygens (including phenoxy) is 2. The van der Waals surface area contributed by atoms with Crippen LogP contribution in [0.5, 0.6) is 11.5 Å². The fourth-order valence-corrected chi connectivity index (χ4v) is 3.30. The van der Waals surface area contributed by atoms with E-state index in [4.69, 9.17) is 9.47 Å². The number of para-hydroxylation sites is 1. The van der Waals surface area contributed by atoms with E-state index >= 15 is 0 Å². The molecule has 2 aromatic carbocycles. The molecule has 0 unspecified atom stereocenters. The molecule has 0 spiro atoms. The van der Waals surface area contributed by atoms with Gasteiger partial charge in [0.05, 0.1) is 5.56 Å². The summed E-state index contributed by atoms with van der Waals surface area (Å²) in [6.45, 7) is 10.3. The van der Waals surface area contributed by atoms with Crippen LogP contribution in [0.3, 0.4) is 0 Å². The molecule has 238 valence electrons. The van der Waals surface area contributed by atoms with Crippen molar-refractivity contribution in [3.63, 3.8) is 0 Å². The number of rotatable bonds is 13. The van der Waals surface area contributed by atoms with Gasteiger partial charge in [0, 0.05) is 26.0 Å². The van der Waals surface area contributed by atoms with Crippen LogP contribution in [0.4, 0.5) is 0 Å². The number of benzene rings is 2. The summed E-state index contributed by atoms with van der Waals surface area (Å²) in [5, 5.41) is 9.53. The molecule has 4 rings (SSSR count). The number of aldehydes is 1. The molecule has 0 aromatic heterocycles. The highest BCUT2D eigenvalue weighted by Gasteiger charge is 2.14. The monoisotopic (exact) mass is 597 g/mol. The molecule has 3 N–H and O–H groups in total. The number of aryl methyl sites for hydroxylation is 1. The van der Waals surface area contributed by atoms with Gasteiger partial charge in [-0.3, -0.25) is 19.2 Å². The van der Waals surface area contributed by atoms with Crippen molar-refractivity contribution < 1.29 is 28.7 Å².